The van der Waals surface area contributed by atoms with Crippen LogP contribution in [-0.2, 0) is 11.8 Å². The molecule has 1 aromatic heterocycles. The summed E-state index contributed by atoms with van der Waals surface area (Å²) in [4.78, 5) is 15.7. The topological polar surface area (TPSA) is 69.0 Å². The number of nitrogens with zero attached hydrogens (tertiary/aromatic N) is 3. The Bertz CT molecular complexity index is 330. The summed E-state index contributed by atoms with van der Waals surface area (Å²) in [6.45, 7) is 1.77. The van der Waals surface area contributed by atoms with E-state index in [0.29, 0.717) is 25.6 Å². The number of nitrogens with one attached hydrogen (secondary N) is 1. The first kappa shape index (κ1) is 9.29. The second kappa shape index (κ2) is 3.85. The Hall–Kier alpha value is -1.27. The van der Waals surface area contributed by atoms with Gasteiger partial charge in [0.15, 0.2) is 5.82 Å². The molecular formula is C8H12N4O2. The maximum Gasteiger partial charge on any atom is 0.218 e. The normalized spacial score (nSPS) is 22.2. The van der Waals surface area contributed by atoms with Gasteiger partial charge in [-0.25, -0.2) is 9.67 Å². The number of aryl methyl sites for hydroxylation is 1. The molecule has 1 fully saturated rings. The van der Waals surface area contributed by atoms with E-state index in [2.05, 4.69) is 15.4 Å². The van der Waals surface area contributed by atoms with E-state index in [1.165, 1.54) is 11.0 Å². The average Bonchev–Trinajstić information content (AvgIpc) is 2.65. The van der Waals surface area contributed by atoms with E-state index in [1.807, 2.05) is 0 Å². The van der Waals surface area contributed by atoms with E-state index < -0.39 is 0 Å². The molecule has 0 saturated carbocycles. The number of hydrogen-bond donors (Lipinski definition) is 1. The molecule has 14 heavy (non-hydrogen) atoms. The van der Waals surface area contributed by atoms with Gasteiger partial charge in [-0.3, -0.25) is 4.79 Å². The lowest BCUT2D eigenvalue weighted by Gasteiger charge is -2.21. The number of ether oxygens (including phenoxy) is 1. The fraction of sp³-hybridized carbons (Fsp3) is 0.625. The van der Waals surface area contributed by atoms with Crippen LogP contribution in [0.4, 0.5) is 0 Å². The highest BCUT2D eigenvalue weighted by Crippen LogP contribution is 2.01. The molecule has 1 atom stereocenters. The first-order valence-electron chi connectivity index (χ1n) is 4.48. The number of Topliss-reactive ketones (excluding diaryl/α,β-unsaturated/α-hetero) is 1. The van der Waals surface area contributed by atoms with Gasteiger partial charge in [-0.15, -0.1) is 0 Å². The highest BCUT2D eigenvalue weighted by Gasteiger charge is 2.25. The molecule has 0 aliphatic carbocycles. The molecule has 6 nitrogen and oxygen atoms in total. The van der Waals surface area contributed by atoms with Crippen molar-refractivity contribution in [3.05, 3.63) is 12.2 Å². The van der Waals surface area contributed by atoms with Gasteiger partial charge in [-0.2, -0.15) is 5.10 Å². The van der Waals surface area contributed by atoms with Crippen molar-refractivity contribution in [2.24, 2.45) is 7.05 Å². The summed E-state index contributed by atoms with van der Waals surface area (Å²) < 4.78 is 6.67. The van der Waals surface area contributed by atoms with Gasteiger partial charge in [0, 0.05) is 13.6 Å². The first-order valence-corrected chi connectivity index (χ1v) is 4.48. The number of aromatic nitrogens is 3. The van der Waals surface area contributed by atoms with Crippen LogP contribution in [0, 0.1) is 0 Å². The Labute approximate surface area is 81.3 Å². The Morgan fingerprint density at radius 3 is 3.21 bits per heavy atom. The summed E-state index contributed by atoms with van der Waals surface area (Å²) in [5.41, 5.74) is 0. The Kier molecular flexibility index (Phi) is 2.55. The second-order valence-corrected chi connectivity index (χ2v) is 3.15. The van der Waals surface area contributed by atoms with Gasteiger partial charge >= 0.3 is 0 Å². The van der Waals surface area contributed by atoms with Gasteiger partial charge in [0.05, 0.1) is 19.3 Å². The molecule has 1 aliphatic rings. The minimum absolute atomic E-state index is 0.0651. The van der Waals surface area contributed by atoms with Gasteiger partial charge in [0.25, 0.3) is 0 Å². The van der Waals surface area contributed by atoms with E-state index in [9.17, 15) is 4.79 Å². The van der Waals surface area contributed by atoms with Crippen molar-refractivity contribution in [2.75, 3.05) is 19.8 Å². The molecule has 0 spiro atoms. The van der Waals surface area contributed by atoms with Gasteiger partial charge in [0.2, 0.25) is 5.78 Å². The number of hydrogen-bond acceptors (Lipinski definition) is 5. The molecule has 1 aromatic rings. The first-order chi connectivity index (χ1) is 6.79. The Morgan fingerprint density at radius 1 is 1.79 bits per heavy atom. The minimum Gasteiger partial charge on any atom is -0.378 e. The van der Waals surface area contributed by atoms with E-state index >= 15 is 0 Å². The summed E-state index contributed by atoms with van der Waals surface area (Å²) in [7, 11) is 1.70. The van der Waals surface area contributed by atoms with Crippen LogP contribution in [0.3, 0.4) is 0 Å². The second-order valence-electron chi connectivity index (χ2n) is 3.15. The molecule has 2 heterocycles. The van der Waals surface area contributed by atoms with Crippen LogP contribution in [0.25, 0.3) is 0 Å². The van der Waals surface area contributed by atoms with Crippen molar-refractivity contribution in [3.63, 3.8) is 0 Å². The van der Waals surface area contributed by atoms with Crippen molar-refractivity contribution < 1.29 is 9.53 Å². The third kappa shape index (κ3) is 1.66. The van der Waals surface area contributed by atoms with Crippen LogP contribution in [0.15, 0.2) is 6.33 Å². The number of carbonyl (C=O) groups is 1. The minimum atomic E-state index is -0.286. The largest absolute Gasteiger partial charge is 0.378 e. The van der Waals surface area contributed by atoms with E-state index in [0.717, 1.165) is 0 Å². The van der Waals surface area contributed by atoms with Gasteiger partial charge in [0.1, 0.15) is 6.33 Å². The summed E-state index contributed by atoms with van der Waals surface area (Å²) in [6.07, 6.45) is 1.37. The van der Waals surface area contributed by atoms with Crippen molar-refractivity contribution in [1.29, 1.82) is 0 Å². The SMILES string of the molecule is Cn1ncnc1C(=O)C1COCCN1. The third-order valence-electron chi connectivity index (χ3n) is 2.17. The fourth-order valence-electron chi connectivity index (χ4n) is 1.41. The zero-order valence-electron chi connectivity index (χ0n) is 7.93. The molecular weight excluding hydrogens is 184 g/mol. The molecule has 0 radical (unpaired) electrons. The lowest BCUT2D eigenvalue weighted by atomic mass is 10.1. The van der Waals surface area contributed by atoms with E-state index in [4.69, 9.17) is 4.74 Å². The van der Waals surface area contributed by atoms with Gasteiger partial charge < -0.3 is 10.1 Å². The van der Waals surface area contributed by atoms with Crippen LogP contribution in [0.2, 0.25) is 0 Å². The molecule has 1 saturated heterocycles. The summed E-state index contributed by atoms with van der Waals surface area (Å²) >= 11 is 0. The van der Waals surface area contributed by atoms with Crippen molar-refractivity contribution in [1.82, 2.24) is 20.1 Å². The zero-order valence-corrected chi connectivity index (χ0v) is 7.93. The molecule has 1 aliphatic heterocycles. The molecule has 0 bridgehead atoms. The maximum absolute atomic E-state index is 11.8. The summed E-state index contributed by atoms with van der Waals surface area (Å²) in [5.74, 6) is 0.303. The van der Waals surface area contributed by atoms with Crippen LogP contribution < -0.4 is 5.32 Å². The van der Waals surface area contributed by atoms with E-state index in [1.54, 1.807) is 7.05 Å². The highest BCUT2D eigenvalue weighted by atomic mass is 16.5. The monoisotopic (exact) mass is 196 g/mol. The molecule has 6 heteroatoms. The van der Waals surface area contributed by atoms with Crippen LogP contribution in [0.5, 0.6) is 0 Å². The Morgan fingerprint density at radius 2 is 2.64 bits per heavy atom. The van der Waals surface area contributed by atoms with Crippen LogP contribution in [0.1, 0.15) is 10.6 Å². The van der Waals surface area contributed by atoms with Crippen molar-refractivity contribution in [2.45, 2.75) is 6.04 Å². The third-order valence-corrected chi connectivity index (χ3v) is 2.17. The number of morpholine rings is 1. The smallest absolute Gasteiger partial charge is 0.218 e. The molecule has 2 rings (SSSR count). The standard InChI is InChI=1S/C8H12N4O2/c1-12-8(10-5-11-12)7(13)6-4-14-3-2-9-6/h5-6,9H,2-4H2,1H3. The number of ketones is 1. The summed E-state index contributed by atoms with van der Waals surface area (Å²) in [5, 5.41) is 6.93. The predicted molar refractivity (Wildman–Crippen MR) is 47.9 cm³/mol. The van der Waals surface area contributed by atoms with Crippen LogP contribution in [-0.4, -0.2) is 46.3 Å². The van der Waals surface area contributed by atoms with E-state index in [-0.39, 0.29) is 11.8 Å². The van der Waals surface area contributed by atoms with Gasteiger partial charge in [-0.05, 0) is 0 Å². The van der Waals surface area contributed by atoms with Gasteiger partial charge in [-0.1, -0.05) is 0 Å². The molecule has 76 valence electrons. The number of rotatable bonds is 2. The molecule has 1 N–H and O–H groups in total. The van der Waals surface area contributed by atoms with Crippen molar-refractivity contribution in [3.8, 4) is 0 Å². The molecule has 0 aromatic carbocycles. The van der Waals surface area contributed by atoms with Crippen LogP contribution >= 0.6 is 0 Å². The molecule has 1 unspecified atom stereocenters. The average molecular weight is 196 g/mol. The lowest BCUT2D eigenvalue weighted by molar-refractivity contribution is 0.0597. The summed E-state index contributed by atoms with van der Waals surface area (Å²) in [6, 6.07) is -0.286. The lowest BCUT2D eigenvalue weighted by Crippen LogP contribution is -2.47. The Balaban J connectivity index is 2.11. The highest BCUT2D eigenvalue weighted by molar-refractivity contribution is 5.97. The maximum atomic E-state index is 11.8. The quantitative estimate of drug-likeness (QED) is 0.613. The number of carbonyl (C=O) groups excluding carboxylic acids is 1. The predicted octanol–water partition coefficient (Wildman–Crippen LogP) is -1.01. The fourth-order valence-corrected chi connectivity index (χ4v) is 1.41. The van der Waals surface area contributed by atoms with Crippen molar-refractivity contribution >= 4 is 5.78 Å². The molecule has 0 amide bonds. The zero-order chi connectivity index (χ0) is 9.97.